The number of hydrazine groups is 1. The van der Waals surface area contributed by atoms with Crippen LogP contribution in [0.3, 0.4) is 0 Å². The van der Waals surface area contributed by atoms with E-state index < -0.39 is 11.8 Å². The summed E-state index contributed by atoms with van der Waals surface area (Å²) < 4.78 is 0. The standard InChI is InChI=1S/C5H8N3O2S/c1-2-8-4(10)3(9)6-5(11)7-8/h7,11H,2H2,1H3,(H,6,9). The van der Waals surface area contributed by atoms with Gasteiger partial charge in [0.05, 0.1) is 0 Å². The lowest BCUT2D eigenvalue weighted by Gasteiger charge is -2.29. The minimum Gasteiger partial charge on any atom is -0.316 e. The number of rotatable bonds is 1. The van der Waals surface area contributed by atoms with Gasteiger partial charge >= 0.3 is 11.8 Å². The first-order valence-electron chi connectivity index (χ1n) is 3.10. The molecule has 0 aromatic heterocycles. The van der Waals surface area contributed by atoms with E-state index >= 15 is 0 Å². The molecule has 11 heavy (non-hydrogen) atoms. The summed E-state index contributed by atoms with van der Waals surface area (Å²) in [5.74, 6) is -1.25. The van der Waals surface area contributed by atoms with E-state index in [2.05, 4.69) is 23.4 Å². The van der Waals surface area contributed by atoms with Crippen molar-refractivity contribution in [2.24, 2.45) is 0 Å². The van der Waals surface area contributed by atoms with Crippen LogP contribution in [0.5, 0.6) is 0 Å². The number of carbonyl (C=O) groups excluding carboxylic acids is 2. The predicted octanol–water partition coefficient (Wildman–Crippen LogP) is -1.15. The second-order valence-corrected chi connectivity index (χ2v) is 2.41. The zero-order valence-electron chi connectivity index (χ0n) is 5.92. The molecule has 1 fully saturated rings. The van der Waals surface area contributed by atoms with Gasteiger partial charge in [0.1, 0.15) is 0 Å². The Balaban J connectivity index is 2.66. The second-order valence-electron chi connectivity index (χ2n) is 1.96. The third kappa shape index (κ3) is 1.63. The van der Waals surface area contributed by atoms with Gasteiger partial charge in [-0.1, -0.05) is 0 Å². The average molecular weight is 174 g/mol. The van der Waals surface area contributed by atoms with Crippen LogP contribution in [0.1, 0.15) is 6.92 Å². The summed E-state index contributed by atoms with van der Waals surface area (Å²) in [5, 5.41) is 3.41. The highest BCUT2D eigenvalue weighted by molar-refractivity contribution is 7.83. The predicted molar refractivity (Wildman–Crippen MR) is 40.9 cm³/mol. The first-order valence-corrected chi connectivity index (χ1v) is 3.55. The lowest BCUT2D eigenvalue weighted by atomic mass is 10.5. The Labute approximate surface area is 69.5 Å². The van der Waals surface area contributed by atoms with E-state index in [0.717, 1.165) is 0 Å². The van der Waals surface area contributed by atoms with Crippen molar-refractivity contribution >= 4 is 24.4 Å². The van der Waals surface area contributed by atoms with E-state index in [1.807, 2.05) is 0 Å². The van der Waals surface area contributed by atoms with Crippen molar-refractivity contribution in [2.75, 3.05) is 6.54 Å². The number of nitrogens with zero attached hydrogens (tertiary/aromatic N) is 1. The lowest BCUT2D eigenvalue weighted by Crippen LogP contribution is -2.59. The summed E-state index contributed by atoms with van der Waals surface area (Å²) in [6.45, 7) is 2.18. The van der Waals surface area contributed by atoms with Gasteiger partial charge in [0.25, 0.3) is 0 Å². The Bertz CT molecular complexity index is 196. The topological polar surface area (TPSA) is 61.4 Å². The van der Waals surface area contributed by atoms with E-state index in [-0.39, 0.29) is 5.50 Å². The molecular formula is C5H8N3O2S. The van der Waals surface area contributed by atoms with E-state index in [1.165, 1.54) is 5.01 Å². The summed E-state index contributed by atoms with van der Waals surface area (Å²) >= 11 is 3.85. The summed E-state index contributed by atoms with van der Waals surface area (Å²) in [4.78, 5) is 21.7. The van der Waals surface area contributed by atoms with Crippen LogP contribution in [0.2, 0.25) is 0 Å². The largest absolute Gasteiger partial charge is 0.326 e. The van der Waals surface area contributed by atoms with Crippen LogP contribution in [-0.4, -0.2) is 23.4 Å². The highest BCUT2D eigenvalue weighted by Gasteiger charge is 2.29. The van der Waals surface area contributed by atoms with Gasteiger partial charge in [0.15, 0.2) is 0 Å². The number of thiol groups is 1. The van der Waals surface area contributed by atoms with Crippen molar-refractivity contribution in [1.29, 1.82) is 0 Å². The molecule has 1 aliphatic heterocycles. The van der Waals surface area contributed by atoms with Crippen LogP contribution in [0, 0.1) is 5.50 Å². The SMILES string of the molecule is CCN1N[C](S)NC(=O)C1=O. The van der Waals surface area contributed by atoms with Crippen molar-refractivity contribution in [2.45, 2.75) is 6.92 Å². The number of hydrogen-bond donors (Lipinski definition) is 3. The monoisotopic (exact) mass is 174 g/mol. The van der Waals surface area contributed by atoms with E-state index in [0.29, 0.717) is 6.54 Å². The molecule has 2 amide bonds. The van der Waals surface area contributed by atoms with Gasteiger partial charge < -0.3 is 5.32 Å². The third-order valence-corrected chi connectivity index (χ3v) is 1.44. The molecule has 0 spiro atoms. The first-order chi connectivity index (χ1) is 5.15. The molecule has 5 nitrogen and oxygen atoms in total. The summed E-state index contributed by atoms with van der Waals surface area (Å²) in [6.07, 6.45) is 0. The third-order valence-electron chi connectivity index (χ3n) is 1.23. The molecule has 2 N–H and O–H groups in total. The highest BCUT2D eigenvalue weighted by atomic mass is 32.1. The van der Waals surface area contributed by atoms with Gasteiger partial charge in [-0.25, -0.2) is 0 Å². The maximum absolute atomic E-state index is 10.9. The zero-order valence-corrected chi connectivity index (χ0v) is 6.81. The molecule has 0 atom stereocenters. The zero-order chi connectivity index (χ0) is 8.43. The van der Waals surface area contributed by atoms with Crippen LogP contribution in [0.4, 0.5) is 0 Å². The van der Waals surface area contributed by atoms with Gasteiger partial charge in [0, 0.05) is 6.54 Å². The minimum atomic E-state index is -0.657. The molecule has 0 aromatic rings. The number of likely N-dealkylation sites (N-methyl/N-ethyl adjacent to an activating group) is 1. The Morgan fingerprint density at radius 1 is 1.55 bits per heavy atom. The first kappa shape index (κ1) is 8.35. The maximum atomic E-state index is 10.9. The normalized spacial score (nSPS) is 20.4. The van der Waals surface area contributed by atoms with Crippen LogP contribution < -0.4 is 10.7 Å². The highest BCUT2D eigenvalue weighted by Crippen LogP contribution is 2.03. The average Bonchev–Trinajstić information content (AvgIpc) is 1.96. The van der Waals surface area contributed by atoms with Gasteiger partial charge in [-0.3, -0.25) is 14.6 Å². The summed E-state index contributed by atoms with van der Waals surface area (Å²) in [5.41, 5.74) is 2.85. The van der Waals surface area contributed by atoms with Crippen molar-refractivity contribution in [1.82, 2.24) is 15.8 Å². The molecule has 1 rings (SSSR count). The second kappa shape index (κ2) is 3.10. The van der Waals surface area contributed by atoms with Crippen LogP contribution >= 0.6 is 12.6 Å². The van der Waals surface area contributed by atoms with E-state index in [4.69, 9.17) is 0 Å². The van der Waals surface area contributed by atoms with Crippen molar-refractivity contribution in [3.8, 4) is 0 Å². The van der Waals surface area contributed by atoms with Crippen LogP contribution in [0.15, 0.2) is 0 Å². The smallest absolute Gasteiger partial charge is 0.316 e. The molecule has 1 saturated heterocycles. The Morgan fingerprint density at radius 2 is 2.18 bits per heavy atom. The lowest BCUT2D eigenvalue weighted by molar-refractivity contribution is -0.150. The van der Waals surface area contributed by atoms with Crippen molar-refractivity contribution in [3.05, 3.63) is 5.50 Å². The van der Waals surface area contributed by atoms with Gasteiger partial charge in [-0.15, -0.1) is 12.6 Å². The number of hydrogen-bond acceptors (Lipinski definition) is 4. The molecule has 0 aromatic carbocycles. The van der Waals surface area contributed by atoms with Crippen molar-refractivity contribution in [3.63, 3.8) is 0 Å². The molecule has 1 aliphatic rings. The van der Waals surface area contributed by atoms with Gasteiger partial charge in [0.2, 0.25) is 5.50 Å². The van der Waals surface area contributed by atoms with E-state index in [9.17, 15) is 9.59 Å². The van der Waals surface area contributed by atoms with Crippen LogP contribution in [-0.2, 0) is 9.59 Å². The van der Waals surface area contributed by atoms with Crippen molar-refractivity contribution < 1.29 is 9.59 Å². The number of nitrogens with one attached hydrogen (secondary N) is 2. The van der Waals surface area contributed by atoms with Gasteiger partial charge in [-0.2, -0.15) is 5.43 Å². The summed E-state index contributed by atoms with van der Waals surface area (Å²) in [7, 11) is 0. The summed E-state index contributed by atoms with van der Waals surface area (Å²) in [6, 6.07) is 0. The molecule has 0 bridgehead atoms. The molecule has 0 aliphatic carbocycles. The molecule has 6 heteroatoms. The number of carbonyl (C=O) groups is 2. The molecule has 0 unspecified atom stereocenters. The fraction of sp³-hybridized carbons (Fsp3) is 0.400. The number of amides is 2. The fourth-order valence-corrected chi connectivity index (χ4v) is 0.935. The molecular weight excluding hydrogens is 166 g/mol. The molecule has 0 saturated carbocycles. The fourth-order valence-electron chi connectivity index (χ4n) is 0.713. The van der Waals surface area contributed by atoms with Crippen LogP contribution in [0.25, 0.3) is 0 Å². The Hall–Kier alpha value is -0.750. The molecule has 61 valence electrons. The Kier molecular flexibility index (Phi) is 2.35. The van der Waals surface area contributed by atoms with E-state index in [1.54, 1.807) is 6.92 Å². The molecule has 1 heterocycles. The van der Waals surface area contributed by atoms with Gasteiger partial charge in [-0.05, 0) is 6.92 Å². The minimum absolute atomic E-state index is 0.274. The molecule has 1 radical (unpaired) electrons. The Morgan fingerprint density at radius 3 is 2.73 bits per heavy atom. The quantitative estimate of drug-likeness (QED) is 0.347. The maximum Gasteiger partial charge on any atom is 0.326 e.